The standard InChI is InChI=1S/C8H14F3N3OS/c1-2-3-14(4-6(12)16)7(15)13-5-8(9,10)11/h2-5H2,1H3,(H2,12,16)(H,13,15). The summed E-state index contributed by atoms with van der Waals surface area (Å²) in [6, 6.07) is -0.813. The molecule has 0 fully saturated rings. The molecular weight excluding hydrogens is 243 g/mol. The van der Waals surface area contributed by atoms with E-state index in [2.05, 4.69) is 12.2 Å². The summed E-state index contributed by atoms with van der Waals surface area (Å²) in [5, 5.41) is 1.76. The molecule has 3 N–H and O–H groups in total. The van der Waals surface area contributed by atoms with E-state index in [1.165, 1.54) is 0 Å². The van der Waals surface area contributed by atoms with Crippen LogP contribution in [-0.2, 0) is 0 Å². The number of thiocarbonyl (C=S) groups is 1. The second-order valence-electron chi connectivity index (χ2n) is 3.16. The average Bonchev–Trinajstić information content (AvgIpc) is 2.11. The number of alkyl halides is 3. The Balaban J connectivity index is 4.22. The smallest absolute Gasteiger partial charge is 0.392 e. The molecule has 0 bridgehead atoms. The summed E-state index contributed by atoms with van der Waals surface area (Å²) in [4.78, 5) is 12.5. The molecule has 0 aromatic carbocycles. The zero-order valence-electron chi connectivity index (χ0n) is 8.80. The first-order chi connectivity index (χ1) is 7.26. The number of carbonyl (C=O) groups excluding carboxylic acids is 1. The molecule has 0 saturated heterocycles. The van der Waals surface area contributed by atoms with Crippen LogP contribution in [0.2, 0.25) is 0 Å². The third-order valence-corrected chi connectivity index (χ3v) is 1.70. The van der Waals surface area contributed by atoms with E-state index < -0.39 is 18.8 Å². The highest BCUT2D eigenvalue weighted by Crippen LogP contribution is 2.12. The lowest BCUT2D eigenvalue weighted by Gasteiger charge is -2.22. The summed E-state index contributed by atoms with van der Waals surface area (Å²) in [6.07, 6.45) is -3.81. The van der Waals surface area contributed by atoms with E-state index in [0.29, 0.717) is 13.0 Å². The van der Waals surface area contributed by atoms with Gasteiger partial charge in [-0.25, -0.2) is 4.79 Å². The Morgan fingerprint density at radius 3 is 2.44 bits per heavy atom. The van der Waals surface area contributed by atoms with Crippen molar-refractivity contribution >= 4 is 23.2 Å². The SMILES string of the molecule is CCCN(CC(N)=S)C(=O)NCC(F)(F)F. The van der Waals surface area contributed by atoms with Gasteiger partial charge in [0.25, 0.3) is 0 Å². The first kappa shape index (κ1) is 14.9. The molecule has 8 heteroatoms. The van der Waals surface area contributed by atoms with Gasteiger partial charge < -0.3 is 16.0 Å². The van der Waals surface area contributed by atoms with Crippen LogP contribution in [-0.4, -0.2) is 41.7 Å². The minimum absolute atomic E-state index is 0.0210. The molecule has 4 nitrogen and oxygen atoms in total. The molecule has 2 amide bonds. The highest BCUT2D eigenvalue weighted by atomic mass is 32.1. The fourth-order valence-electron chi connectivity index (χ4n) is 0.998. The van der Waals surface area contributed by atoms with Crippen LogP contribution in [0.4, 0.5) is 18.0 Å². The molecule has 0 spiro atoms. The third-order valence-electron chi connectivity index (χ3n) is 1.57. The molecule has 0 atom stereocenters. The molecule has 0 aliphatic rings. The van der Waals surface area contributed by atoms with Gasteiger partial charge in [0.15, 0.2) is 0 Å². The van der Waals surface area contributed by atoms with Crippen molar-refractivity contribution in [1.82, 2.24) is 10.2 Å². The maximum absolute atomic E-state index is 11.8. The second kappa shape index (κ2) is 6.51. The van der Waals surface area contributed by atoms with Gasteiger partial charge in [0.1, 0.15) is 6.54 Å². The lowest BCUT2D eigenvalue weighted by atomic mass is 10.4. The lowest BCUT2D eigenvalue weighted by molar-refractivity contribution is -0.123. The molecule has 0 heterocycles. The summed E-state index contributed by atoms with van der Waals surface area (Å²) in [5.74, 6) is 0. The van der Waals surface area contributed by atoms with Crippen LogP contribution in [0.5, 0.6) is 0 Å². The van der Waals surface area contributed by atoms with E-state index in [9.17, 15) is 18.0 Å². The molecule has 0 saturated carbocycles. The number of hydrogen-bond donors (Lipinski definition) is 2. The van der Waals surface area contributed by atoms with Crippen LogP contribution >= 0.6 is 12.2 Å². The van der Waals surface area contributed by atoms with Crippen LogP contribution in [0.15, 0.2) is 0 Å². The number of nitrogens with two attached hydrogens (primary N) is 1. The molecule has 0 aliphatic carbocycles. The summed E-state index contributed by atoms with van der Waals surface area (Å²) < 4.78 is 35.5. The van der Waals surface area contributed by atoms with Crippen LogP contribution in [0.3, 0.4) is 0 Å². The fourth-order valence-corrected chi connectivity index (χ4v) is 1.15. The number of halogens is 3. The minimum atomic E-state index is -4.42. The molecule has 16 heavy (non-hydrogen) atoms. The van der Waals surface area contributed by atoms with Gasteiger partial charge in [-0.3, -0.25) is 0 Å². The number of hydrogen-bond acceptors (Lipinski definition) is 2. The van der Waals surface area contributed by atoms with Crippen molar-refractivity contribution in [2.45, 2.75) is 19.5 Å². The summed E-state index contributed by atoms with van der Waals surface area (Å²) in [7, 11) is 0. The van der Waals surface area contributed by atoms with Crippen LogP contribution in [0, 0.1) is 0 Å². The van der Waals surface area contributed by atoms with Gasteiger partial charge in [0.05, 0.1) is 11.5 Å². The average molecular weight is 257 g/mol. The Morgan fingerprint density at radius 1 is 1.50 bits per heavy atom. The first-order valence-corrected chi connectivity index (χ1v) is 5.05. The molecule has 0 radical (unpaired) electrons. The number of rotatable bonds is 5. The quantitative estimate of drug-likeness (QED) is 0.729. The molecular formula is C8H14F3N3OS. The highest BCUT2D eigenvalue weighted by Gasteiger charge is 2.28. The Kier molecular flexibility index (Phi) is 6.09. The van der Waals surface area contributed by atoms with Crippen molar-refractivity contribution in [3.63, 3.8) is 0 Å². The van der Waals surface area contributed by atoms with Gasteiger partial charge in [-0.2, -0.15) is 13.2 Å². The summed E-state index contributed by atoms with van der Waals surface area (Å²) in [5.41, 5.74) is 5.23. The predicted octanol–water partition coefficient (Wildman–Crippen LogP) is 1.26. The summed E-state index contributed by atoms with van der Waals surface area (Å²) >= 11 is 4.60. The molecule has 0 aromatic rings. The van der Waals surface area contributed by atoms with Crippen molar-refractivity contribution in [3.05, 3.63) is 0 Å². The van der Waals surface area contributed by atoms with E-state index in [1.54, 1.807) is 12.2 Å². The van der Waals surface area contributed by atoms with Crippen molar-refractivity contribution in [3.8, 4) is 0 Å². The van der Waals surface area contributed by atoms with Crippen LogP contribution in [0.25, 0.3) is 0 Å². The Morgan fingerprint density at radius 2 is 2.06 bits per heavy atom. The fraction of sp³-hybridized carbons (Fsp3) is 0.750. The number of nitrogens with one attached hydrogen (secondary N) is 1. The third kappa shape index (κ3) is 7.27. The molecule has 94 valence electrons. The molecule has 0 unspecified atom stereocenters. The van der Waals surface area contributed by atoms with Gasteiger partial charge in [0.2, 0.25) is 0 Å². The number of amides is 2. The van der Waals surface area contributed by atoms with Gasteiger partial charge >= 0.3 is 12.2 Å². The molecule has 0 aromatic heterocycles. The van der Waals surface area contributed by atoms with E-state index in [4.69, 9.17) is 5.73 Å². The lowest BCUT2D eigenvalue weighted by Crippen LogP contribution is -2.46. The van der Waals surface area contributed by atoms with Gasteiger partial charge in [-0.05, 0) is 6.42 Å². The van der Waals surface area contributed by atoms with Gasteiger partial charge in [-0.15, -0.1) is 0 Å². The Hall–Kier alpha value is -1.05. The maximum atomic E-state index is 11.8. The topological polar surface area (TPSA) is 58.4 Å². The van der Waals surface area contributed by atoms with Crippen molar-refractivity contribution < 1.29 is 18.0 Å². The molecule has 0 aliphatic heterocycles. The number of urea groups is 1. The molecule has 0 rings (SSSR count). The van der Waals surface area contributed by atoms with E-state index in [1.807, 2.05) is 0 Å². The number of nitrogens with zero attached hydrogens (tertiary/aromatic N) is 1. The largest absolute Gasteiger partial charge is 0.405 e. The zero-order valence-corrected chi connectivity index (χ0v) is 9.62. The zero-order chi connectivity index (χ0) is 12.8. The second-order valence-corrected chi connectivity index (χ2v) is 3.69. The van der Waals surface area contributed by atoms with E-state index in [0.717, 1.165) is 4.90 Å². The van der Waals surface area contributed by atoms with Crippen molar-refractivity contribution in [2.75, 3.05) is 19.6 Å². The Labute approximate surface area is 97.0 Å². The summed E-state index contributed by atoms with van der Waals surface area (Å²) in [6.45, 7) is 0.723. The van der Waals surface area contributed by atoms with Gasteiger partial charge in [0, 0.05) is 6.54 Å². The van der Waals surface area contributed by atoms with Crippen LogP contribution in [0.1, 0.15) is 13.3 Å². The van der Waals surface area contributed by atoms with Crippen LogP contribution < -0.4 is 11.1 Å². The predicted molar refractivity (Wildman–Crippen MR) is 58.1 cm³/mol. The maximum Gasteiger partial charge on any atom is 0.405 e. The first-order valence-electron chi connectivity index (χ1n) is 4.64. The van der Waals surface area contributed by atoms with E-state index in [-0.39, 0.29) is 11.5 Å². The highest BCUT2D eigenvalue weighted by molar-refractivity contribution is 7.80. The minimum Gasteiger partial charge on any atom is -0.392 e. The van der Waals surface area contributed by atoms with E-state index >= 15 is 0 Å². The number of carbonyl (C=O) groups is 1. The van der Waals surface area contributed by atoms with Crippen molar-refractivity contribution in [1.29, 1.82) is 0 Å². The van der Waals surface area contributed by atoms with Crippen molar-refractivity contribution in [2.24, 2.45) is 5.73 Å². The normalized spacial score (nSPS) is 11.0. The van der Waals surface area contributed by atoms with Gasteiger partial charge in [-0.1, -0.05) is 19.1 Å². The monoisotopic (exact) mass is 257 g/mol. The Bertz CT molecular complexity index is 257.